The Labute approximate surface area is 309 Å². The van der Waals surface area contributed by atoms with Gasteiger partial charge in [0.25, 0.3) is 5.91 Å². The van der Waals surface area contributed by atoms with Crippen molar-refractivity contribution in [3.05, 3.63) is 108 Å². The molecule has 3 aromatic carbocycles. The van der Waals surface area contributed by atoms with Crippen LogP contribution in [0.3, 0.4) is 0 Å². The van der Waals surface area contributed by atoms with Crippen LogP contribution in [0.5, 0.6) is 0 Å². The number of aromatic amines is 1. The molecule has 1 aromatic heterocycles. The first kappa shape index (κ1) is 36.3. The molecule has 0 aliphatic carbocycles. The highest BCUT2D eigenvalue weighted by molar-refractivity contribution is 5.96. The maximum absolute atomic E-state index is 14.6. The maximum atomic E-state index is 14.6. The van der Waals surface area contributed by atoms with E-state index in [1.54, 1.807) is 5.06 Å². The van der Waals surface area contributed by atoms with Crippen LogP contribution in [-0.2, 0) is 48.0 Å². The Balaban J connectivity index is 1.26. The predicted molar refractivity (Wildman–Crippen MR) is 199 cm³/mol. The van der Waals surface area contributed by atoms with E-state index in [4.69, 9.17) is 9.57 Å². The standard InChI is InChI=1S/C41H48N6O6/c1-41(2,3)52-33-18-19-47-35(33)34-36(53-47)40(51)43-24-28(20-25-12-6-4-7-13-25)44-37(48)31(21-26-14-8-5-9-15-26)45-38(49)32(46-39(34)50)22-27-23-42-30-17-11-10-16-29(27)30/h4-17,23,28,31-36,42H,18-22,24H2,1-3H3,(H,43,51)(H,44,48)(H,45,49)(H,46,50)/t28-,31-,32-,33-,34-,35-,36+/m0/s1. The number of nitrogens with zero attached hydrogens (tertiary/aromatic N) is 1. The third-order valence-electron chi connectivity index (χ3n) is 10.2. The fraction of sp³-hybridized carbons (Fsp3) is 0.415. The number of hydrogen-bond acceptors (Lipinski definition) is 7. The van der Waals surface area contributed by atoms with Crippen molar-refractivity contribution in [3.63, 3.8) is 0 Å². The van der Waals surface area contributed by atoms with Crippen LogP contribution < -0.4 is 21.3 Å². The molecular formula is C41H48N6O6. The highest BCUT2D eigenvalue weighted by atomic mass is 16.7. The first-order valence-corrected chi connectivity index (χ1v) is 18.5. The summed E-state index contributed by atoms with van der Waals surface area (Å²) in [5.41, 5.74) is 3.03. The van der Waals surface area contributed by atoms with E-state index in [-0.39, 0.29) is 25.5 Å². The number of amides is 4. The van der Waals surface area contributed by atoms with Gasteiger partial charge < -0.3 is 31.0 Å². The zero-order valence-electron chi connectivity index (χ0n) is 30.3. The van der Waals surface area contributed by atoms with Crippen LogP contribution in [-0.4, -0.2) is 88.7 Å². The quantitative estimate of drug-likeness (QED) is 0.197. The summed E-state index contributed by atoms with van der Waals surface area (Å²) in [5, 5.41) is 14.7. The summed E-state index contributed by atoms with van der Waals surface area (Å²) in [5.74, 6) is -2.86. The lowest BCUT2D eigenvalue weighted by atomic mass is 9.89. The van der Waals surface area contributed by atoms with Gasteiger partial charge in [0.2, 0.25) is 17.7 Å². The zero-order valence-corrected chi connectivity index (χ0v) is 30.3. The maximum Gasteiger partial charge on any atom is 0.252 e. The van der Waals surface area contributed by atoms with Crippen molar-refractivity contribution in [2.75, 3.05) is 13.1 Å². The molecule has 53 heavy (non-hydrogen) atoms. The number of benzene rings is 3. The van der Waals surface area contributed by atoms with Crippen LogP contribution in [0, 0.1) is 5.92 Å². The molecule has 4 aromatic rings. The summed E-state index contributed by atoms with van der Waals surface area (Å²) in [6.45, 7) is 6.43. The van der Waals surface area contributed by atoms with Gasteiger partial charge in [-0.25, -0.2) is 0 Å². The molecule has 0 saturated carbocycles. The van der Waals surface area contributed by atoms with Crippen LogP contribution in [0.15, 0.2) is 91.1 Å². The van der Waals surface area contributed by atoms with Crippen molar-refractivity contribution in [1.82, 2.24) is 31.3 Å². The van der Waals surface area contributed by atoms with Crippen molar-refractivity contribution in [3.8, 4) is 0 Å². The van der Waals surface area contributed by atoms with Gasteiger partial charge >= 0.3 is 0 Å². The van der Waals surface area contributed by atoms with Crippen molar-refractivity contribution >= 4 is 34.5 Å². The van der Waals surface area contributed by atoms with Gasteiger partial charge in [-0.1, -0.05) is 78.9 Å². The first-order valence-electron chi connectivity index (χ1n) is 18.5. The van der Waals surface area contributed by atoms with E-state index in [1.807, 2.05) is 112 Å². The number of aromatic nitrogens is 1. The molecule has 7 rings (SSSR count). The molecule has 3 aliphatic rings. The molecule has 278 valence electrons. The van der Waals surface area contributed by atoms with Gasteiger partial charge in [0.15, 0.2) is 6.10 Å². The highest BCUT2D eigenvalue weighted by Gasteiger charge is 2.57. The van der Waals surface area contributed by atoms with E-state index >= 15 is 0 Å². The van der Waals surface area contributed by atoms with Gasteiger partial charge in [0.1, 0.15) is 12.1 Å². The molecule has 3 fully saturated rings. The number of hydroxylamine groups is 2. The van der Waals surface area contributed by atoms with E-state index in [2.05, 4.69) is 26.3 Å². The fourth-order valence-electron chi connectivity index (χ4n) is 7.80. The number of H-pyrrole nitrogens is 1. The molecule has 3 saturated heterocycles. The Kier molecular flexibility index (Phi) is 10.6. The lowest BCUT2D eigenvalue weighted by molar-refractivity contribution is -0.171. The molecule has 4 amide bonds. The van der Waals surface area contributed by atoms with E-state index in [1.165, 1.54) is 0 Å². The van der Waals surface area contributed by atoms with Crippen LogP contribution in [0.25, 0.3) is 10.9 Å². The van der Waals surface area contributed by atoms with E-state index in [0.29, 0.717) is 19.4 Å². The van der Waals surface area contributed by atoms with Crippen LogP contribution >= 0.6 is 0 Å². The Morgan fingerprint density at radius 2 is 1.36 bits per heavy atom. The molecule has 0 spiro atoms. The Bertz CT molecular complexity index is 1930. The van der Waals surface area contributed by atoms with E-state index in [9.17, 15) is 19.2 Å². The summed E-state index contributed by atoms with van der Waals surface area (Å²) in [6.07, 6.45) is 1.67. The molecule has 3 aliphatic heterocycles. The molecule has 0 bridgehead atoms. The smallest absolute Gasteiger partial charge is 0.252 e. The van der Waals surface area contributed by atoms with Crippen molar-refractivity contribution in [1.29, 1.82) is 0 Å². The third-order valence-corrected chi connectivity index (χ3v) is 10.2. The van der Waals surface area contributed by atoms with Crippen molar-refractivity contribution in [2.24, 2.45) is 5.92 Å². The van der Waals surface area contributed by atoms with Gasteiger partial charge in [-0.3, -0.25) is 24.0 Å². The normalized spacial score (nSPS) is 27.3. The van der Waals surface area contributed by atoms with E-state index in [0.717, 1.165) is 27.6 Å². The molecule has 5 N–H and O–H groups in total. The van der Waals surface area contributed by atoms with Crippen LogP contribution in [0.4, 0.5) is 0 Å². The summed E-state index contributed by atoms with van der Waals surface area (Å²) in [4.78, 5) is 66.9. The fourth-order valence-corrected chi connectivity index (χ4v) is 7.80. The van der Waals surface area contributed by atoms with Gasteiger partial charge in [0, 0.05) is 43.0 Å². The van der Waals surface area contributed by atoms with Crippen LogP contribution in [0.2, 0.25) is 0 Å². The minimum absolute atomic E-state index is 0.0788. The molecule has 0 unspecified atom stereocenters. The Morgan fingerprint density at radius 3 is 2.08 bits per heavy atom. The number of carbonyl (C=O) groups is 4. The third kappa shape index (κ3) is 8.45. The van der Waals surface area contributed by atoms with Crippen LogP contribution in [0.1, 0.15) is 43.9 Å². The highest BCUT2D eigenvalue weighted by Crippen LogP contribution is 2.39. The minimum atomic E-state index is -1.18. The summed E-state index contributed by atoms with van der Waals surface area (Å²) in [7, 11) is 0. The predicted octanol–water partition coefficient (Wildman–Crippen LogP) is 2.97. The number of fused-ring (bicyclic) bond motifs is 4. The first-order chi connectivity index (χ1) is 25.5. The second-order valence-electron chi connectivity index (χ2n) is 15.3. The number of para-hydroxylation sites is 1. The number of hydrogen-bond donors (Lipinski definition) is 5. The topological polar surface area (TPSA) is 154 Å². The minimum Gasteiger partial charge on any atom is -0.371 e. The zero-order chi connectivity index (χ0) is 37.1. The van der Waals surface area contributed by atoms with Crippen molar-refractivity contribution < 1.29 is 28.8 Å². The number of carbonyl (C=O) groups excluding carboxylic acids is 4. The Hall–Kier alpha value is -5.04. The van der Waals surface area contributed by atoms with Gasteiger partial charge in [-0.05, 0) is 56.4 Å². The summed E-state index contributed by atoms with van der Waals surface area (Å²) >= 11 is 0. The lowest BCUT2D eigenvalue weighted by Crippen LogP contribution is -2.60. The van der Waals surface area contributed by atoms with Gasteiger partial charge in [-0.15, -0.1) is 0 Å². The largest absolute Gasteiger partial charge is 0.371 e. The Morgan fingerprint density at radius 1 is 0.736 bits per heavy atom. The number of nitrogens with one attached hydrogen (secondary N) is 5. The summed E-state index contributed by atoms with van der Waals surface area (Å²) in [6, 6.07) is 23.7. The monoisotopic (exact) mass is 720 g/mol. The van der Waals surface area contributed by atoms with Gasteiger partial charge in [0.05, 0.1) is 29.7 Å². The van der Waals surface area contributed by atoms with E-state index < -0.39 is 65.4 Å². The second-order valence-corrected chi connectivity index (χ2v) is 15.3. The van der Waals surface area contributed by atoms with Gasteiger partial charge in [-0.2, -0.15) is 5.06 Å². The number of rotatable bonds is 7. The summed E-state index contributed by atoms with van der Waals surface area (Å²) < 4.78 is 6.44. The molecule has 7 atom stereocenters. The SMILES string of the molecule is CC(C)(C)O[C@H]1CCN2O[C@H]3C(=O)NC[C@H](Cc4ccccc4)NC(=O)[C@H](Cc4ccccc4)NC(=O)[C@H](Cc4c[nH]c5ccccc45)NC(=O)[C@H]3[C@H]12. The second kappa shape index (κ2) is 15.5. The molecule has 4 heterocycles. The molecule has 12 heteroatoms. The molecule has 0 radical (unpaired) electrons. The molecule has 12 nitrogen and oxygen atoms in total. The number of ether oxygens (including phenoxy) is 1. The van der Waals surface area contributed by atoms with Crippen molar-refractivity contribution in [2.45, 2.75) is 88.4 Å². The average molecular weight is 721 g/mol. The molecular weight excluding hydrogens is 672 g/mol. The lowest BCUT2D eigenvalue weighted by Gasteiger charge is -2.32. The average Bonchev–Trinajstić information content (AvgIpc) is 3.84.